The lowest BCUT2D eigenvalue weighted by molar-refractivity contribution is -0.134. The Hall–Kier alpha value is -4.40. The summed E-state index contributed by atoms with van der Waals surface area (Å²) in [5.41, 5.74) is 2.80. The third-order valence-corrected chi connectivity index (χ3v) is 6.27. The number of amides is 2. The van der Waals surface area contributed by atoms with Gasteiger partial charge in [0, 0.05) is 18.7 Å². The number of benzene rings is 2. The Morgan fingerprint density at radius 2 is 1.78 bits per heavy atom. The minimum absolute atomic E-state index is 0.0383. The van der Waals surface area contributed by atoms with Gasteiger partial charge in [0.25, 0.3) is 11.8 Å². The first-order valence-electron chi connectivity index (χ1n) is 12.5. The van der Waals surface area contributed by atoms with Crippen LogP contribution in [0.25, 0.3) is 16.9 Å². The first-order chi connectivity index (χ1) is 18.1. The van der Waals surface area contributed by atoms with E-state index in [1.165, 1.54) is 0 Å². The molecule has 1 saturated heterocycles. The van der Waals surface area contributed by atoms with Gasteiger partial charge in [-0.05, 0) is 68.7 Å². The third-order valence-electron chi connectivity index (χ3n) is 6.27. The molecule has 2 amide bonds. The van der Waals surface area contributed by atoms with E-state index >= 15 is 0 Å². The van der Waals surface area contributed by atoms with Crippen LogP contribution >= 0.6 is 0 Å². The summed E-state index contributed by atoms with van der Waals surface area (Å²) in [6, 6.07) is 16.4. The number of anilines is 1. The fourth-order valence-electron chi connectivity index (χ4n) is 4.36. The average molecular weight is 500 g/mol. The van der Waals surface area contributed by atoms with Crippen LogP contribution in [-0.4, -0.2) is 57.6 Å². The van der Waals surface area contributed by atoms with Crippen LogP contribution in [-0.2, 0) is 4.79 Å². The molecule has 1 fully saturated rings. The van der Waals surface area contributed by atoms with E-state index in [2.05, 4.69) is 15.3 Å². The molecule has 0 unspecified atom stereocenters. The number of aromatic nitrogens is 3. The van der Waals surface area contributed by atoms with Crippen LogP contribution in [0.3, 0.4) is 0 Å². The van der Waals surface area contributed by atoms with Gasteiger partial charge in [-0.1, -0.05) is 12.1 Å². The van der Waals surface area contributed by atoms with Crippen molar-refractivity contribution in [2.24, 2.45) is 0 Å². The largest absolute Gasteiger partial charge is 0.490 e. The lowest BCUT2D eigenvalue weighted by Crippen LogP contribution is -2.38. The van der Waals surface area contributed by atoms with Crippen LogP contribution in [0.1, 0.15) is 36.5 Å². The van der Waals surface area contributed by atoms with Gasteiger partial charge in [-0.25, -0.2) is 9.97 Å². The van der Waals surface area contributed by atoms with Crippen molar-refractivity contribution in [2.75, 3.05) is 31.6 Å². The number of carbonyl (C=O) groups is 2. The number of likely N-dealkylation sites (tertiary alicyclic amines) is 1. The second-order valence-electron chi connectivity index (χ2n) is 8.79. The van der Waals surface area contributed by atoms with Gasteiger partial charge in [0.2, 0.25) is 0 Å². The van der Waals surface area contributed by atoms with E-state index in [1.807, 2.05) is 46.7 Å². The number of nitrogens with one attached hydrogen (secondary N) is 1. The maximum Gasteiger partial charge on any atom is 0.260 e. The van der Waals surface area contributed by atoms with Crippen molar-refractivity contribution in [1.29, 1.82) is 0 Å². The van der Waals surface area contributed by atoms with E-state index in [1.54, 1.807) is 36.8 Å². The average Bonchev–Trinajstić information content (AvgIpc) is 3.37. The lowest BCUT2D eigenvalue weighted by Gasteiger charge is -2.26. The Kier molecular flexibility index (Phi) is 7.30. The molecule has 4 aromatic rings. The second-order valence-corrected chi connectivity index (χ2v) is 8.79. The molecule has 190 valence electrons. The molecule has 5 rings (SSSR count). The van der Waals surface area contributed by atoms with Gasteiger partial charge in [0.1, 0.15) is 12.1 Å². The first-order valence-corrected chi connectivity index (χ1v) is 12.5. The van der Waals surface area contributed by atoms with E-state index < -0.39 is 0 Å². The third kappa shape index (κ3) is 5.55. The van der Waals surface area contributed by atoms with Crippen molar-refractivity contribution in [2.45, 2.75) is 26.2 Å². The summed E-state index contributed by atoms with van der Waals surface area (Å²) in [6.07, 6.45) is 6.54. The summed E-state index contributed by atoms with van der Waals surface area (Å²) in [6.45, 7) is 3.74. The molecule has 0 aliphatic carbocycles. The number of pyridine rings is 1. The zero-order chi connectivity index (χ0) is 25.6. The van der Waals surface area contributed by atoms with Gasteiger partial charge in [0.05, 0.1) is 29.5 Å². The lowest BCUT2D eigenvalue weighted by atomic mass is 10.1. The van der Waals surface area contributed by atoms with Crippen LogP contribution in [0.5, 0.6) is 11.5 Å². The van der Waals surface area contributed by atoms with Crippen molar-refractivity contribution in [1.82, 2.24) is 19.4 Å². The minimum Gasteiger partial charge on any atom is -0.490 e. The first kappa shape index (κ1) is 24.3. The molecule has 2 aromatic heterocycles. The quantitative estimate of drug-likeness (QED) is 0.384. The number of carbonyl (C=O) groups excluding carboxylic acids is 2. The zero-order valence-corrected chi connectivity index (χ0v) is 20.7. The van der Waals surface area contributed by atoms with Gasteiger partial charge in [0.15, 0.2) is 18.1 Å². The van der Waals surface area contributed by atoms with Gasteiger partial charge < -0.3 is 19.7 Å². The fourth-order valence-corrected chi connectivity index (χ4v) is 4.36. The maximum absolute atomic E-state index is 12.9. The highest BCUT2D eigenvalue weighted by atomic mass is 16.5. The number of hydrogen-bond donors (Lipinski definition) is 1. The van der Waals surface area contributed by atoms with Crippen LogP contribution in [0, 0.1) is 0 Å². The Morgan fingerprint density at radius 3 is 2.57 bits per heavy atom. The molecular weight excluding hydrogens is 470 g/mol. The summed E-state index contributed by atoms with van der Waals surface area (Å²) >= 11 is 0. The molecule has 1 aliphatic heterocycles. The minimum atomic E-state index is -0.306. The molecule has 0 atom stereocenters. The normalized spacial score (nSPS) is 13.4. The maximum atomic E-state index is 12.9. The smallest absolute Gasteiger partial charge is 0.260 e. The molecule has 9 nitrogen and oxygen atoms in total. The molecule has 0 spiro atoms. The molecule has 3 heterocycles. The standard InChI is InChI=1S/C28H29N5O4/c1-2-36-25-16-20(10-12-24(25)37-18-27(34)32-14-6-3-7-15-32)28(35)31-21-11-13-26(29-17-21)33-19-30-22-8-4-5-9-23(22)33/h4-5,8-13,16-17,19H,2-3,6-7,14-15,18H2,1H3,(H,31,35). The molecule has 0 bridgehead atoms. The van der Waals surface area contributed by atoms with Gasteiger partial charge in [-0.3, -0.25) is 14.2 Å². The Bertz CT molecular complexity index is 1390. The topological polar surface area (TPSA) is 98.6 Å². The number of fused-ring (bicyclic) bond motifs is 1. The second kappa shape index (κ2) is 11.1. The summed E-state index contributed by atoms with van der Waals surface area (Å²) in [5, 5.41) is 2.87. The number of nitrogens with zero attached hydrogens (tertiary/aromatic N) is 4. The monoisotopic (exact) mass is 499 g/mol. The molecule has 37 heavy (non-hydrogen) atoms. The summed E-state index contributed by atoms with van der Waals surface area (Å²) < 4.78 is 13.4. The fraction of sp³-hybridized carbons (Fsp3) is 0.286. The van der Waals surface area contributed by atoms with E-state index in [-0.39, 0.29) is 18.4 Å². The highest BCUT2D eigenvalue weighted by Gasteiger charge is 2.18. The summed E-state index contributed by atoms with van der Waals surface area (Å²) in [7, 11) is 0. The van der Waals surface area contributed by atoms with Crippen molar-refractivity contribution in [3.8, 4) is 17.3 Å². The Balaban J connectivity index is 1.25. The molecule has 0 saturated carbocycles. The Morgan fingerprint density at radius 1 is 0.946 bits per heavy atom. The van der Waals surface area contributed by atoms with Crippen molar-refractivity contribution in [3.05, 3.63) is 72.7 Å². The number of piperidine rings is 1. The van der Waals surface area contributed by atoms with Crippen molar-refractivity contribution >= 4 is 28.5 Å². The van der Waals surface area contributed by atoms with Crippen LogP contribution in [0.4, 0.5) is 5.69 Å². The highest BCUT2D eigenvalue weighted by molar-refractivity contribution is 6.04. The number of imidazole rings is 1. The number of hydrogen-bond acceptors (Lipinski definition) is 6. The molecule has 1 aliphatic rings. The zero-order valence-electron chi connectivity index (χ0n) is 20.7. The van der Waals surface area contributed by atoms with Gasteiger partial charge in [-0.15, -0.1) is 0 Å². The van der Waals surface area contributed by atoms with E-state index in [4.69, 9.17) is 9.47 Å². The summed E-state index contributed by atoms with van der Waals surface area (Å²) in [4.78, 5) is 36.1. The SMILES string of the molecule is CCOc1cc(C(=O)Nc2ccc(-n3cnc4ccccc43)nc2)ccc1OCC(=O)N1CCCCC1. The predicted molar refractivity (Wildman–Crippen MR) is 140 cm³/mol. The molecule has 1 N–H and O–H groups in total. The van der Waals surface area contributed by atoms with Crippen LogP contribution in [0.15, 0.2) is 67.1 Å². The van der Waals surface area contributed by atoms with Crippen LogP contribution < -0.4 is 14.8 Å². The van der Waals surface area contributed by atoms with Crippen molar-refractivity contribution < 1.29 is 19.1 Å². The van der Waals surface area contributed by atoms with Crippen LogP contribution in [0.2, 0.25) is 0 Å². The molecule has 2 aromatic carbocycles. The molecule has 9 heteroatoms. The highest BCUT2D eigenvalue weighted by Crippen LogP contribution is 2.29. The van der Waals surface area contributed by atoms with E-state index in [0.29, 0.717) is 35.2 Å². The number of ether oxygens (including phenoxy) is 2. The number of rotatable bonds is 8. The molecule has 0 radical (unpaired) electrons. The van der Waals surface area contributed by atoms with Gasteiger partial charge in [-0.2, -0.15) is 0 Å². The molecular formula is C28H29N5O4. The predicted octanol–water partition coefficient (Wildman–Crippen LogP) is 4.46. The Labute approximate surface area is 215 Å². The van der Waals surface area contributed by atoms with E-state index in [9.17, 15) is 9.59 Å². The summed E-state index contributed by atoms with van der Waals surface area (Å²) in [5.74, 6) is 1.21. The van der Waals surface area contributed by atoms with E-state index in [0.717, 1.165) is 43.4 Å². The van der Waals surface area contributed by atoms with Gasteiger partial charge >= 0.3 is 0 Å². The number of para-hydroxylation sites is 2. The van der Waals surface area contributed by atoms with Crippen molar-refractivity contribution in [3.63, 3.8) is 0 Å².